The van der Waals surface area contributed by atoms with Crippen LogP contribution in [0.25, 0.3) is 0 Å². The van der Waals surface area contributed by atoms with E-state index in [1.54, 1.807) is 13.3 Å². The van der Waals surface area contributed by atoms with Gasteiger partial charge in [0.05, 0.1) is 18.5 Å². The molecular formula is C22H25N5O2. The molecule has 1 aromatic heterocycles. The third-order valence-electron chi connectivity index (χ3n) is 5.46. The molecule has 2 aliphatic heterocycles. The lowest BCUT2D eigenvalue weighted by molar-refractivity contribution is 0.0487. The lowest BCUT2D eigenvalue weighted by Gasteiger charge is -2.40. The molecule has 0 saturated carbocycles. The Morgan fingerprint density at radius 2 is 2.03 bits per heavy atom. The van der Waals surface area contributed by atoms with Gasteiger partial charge in [0, 0.05) is 44.0 Å². The topological polar surface area (TPSA) is 70.9 Å². The number of piperidine rings is 1. The van der Waals surface area contributed by atoms with Gasteiger partial charge in [0.2, 0.25) is 0 Å². The van der Waals surface area contributed by atoms with Crippen molar-refractivity contribution in [3.05, 3.63) is 66.4 Å². The number of allylic oxidation sites excluding steroid dienone is 1. The molecular weight excluding hydrogens is 366 g/mol. The van der Waals surface area contributed by atoms with Crippen molar-refractivity contribution in [2.45, 2.75) is 19.1 Å². The van der Waals surface area contributed by atoms with E-state index >= 15 is 0 Å². The van der Waals surface area contributed by atoms with E-state index < -0.39 is 0 Å². The highest BCUT2D eigenvalue weighted by atomic mass is 16.5. The van der Waals surface area contributed by atoms with Crippen LogP contribution >= 0.6 is 0 Å². The average Bonchev–Trinajstić information content (AvgIpc) is 2.79. The van der Waals surface area contributed by atoms with Gasteiger partial charge in [0.15, 0.2) is 12.1 Å². The van der Waals surface area contributed by atoms with Crippen LogP contribution in [0.2, 0.25) is 0 Å². The number of ketones is 1. The van der Waals surface area contributed by atoms with Crippen molar-refractivity contribution in [1.82, 2.24) is 19.8 Å². The fraction of sp³-hybridized carbons (Fsp3) is 0.364. The van der Waals surface area contributed by atoms with E-state index in [0.717, 1.165) is 42.1 Å². The quantitative estimate of drug-likeness (QED) is 0.730. The molecule has 4 rings (SSSR count). The summed E-state index contributed by atoms with van der Waals surface area (Å²) in [7, 11) is 3.64. The van der Waals surface area contributed by atoms with Gasteiger partial charge >= 0.3 is 0 Å². The second-order valence-electron chi connectivity index (χ2n) is 7.36. The number of aliphatic imine (C=N–C) groups is 1. The molecule has 1 saturated heterocycles. The second-order valence-corrected chi connectivity index (χ2v) is 7.36. The molecule has 2 unspecified atom stereocenters. The number of ether oxygens (including phenoxy) is 1. The lowest BCUT2D eigenvalue weighted by Crippen LogP contribution is -2.50. The maximum Gasteiger partial charge on any atom is 0.178 e. The van der Waals surface area contributed by atoms with Crippen LogP contribution in [0.3, 0.4) is 0 Å². The number of hydrogen-bond donors (Lipinski definition) is 0. The zero-order chi connectivity index (χ0) is 20.2. The van der Waals surface area contributed by atoms with Crippen LogP contribution in [0.5, 0.6) is 5.75 Å². The number of hydrogen-bond acceptors (Lipinski definition) is 7. The summed E-state index contributed by atoms with van der Waals surface area (Å²) in [5.74, 6) is 0.912. The van der Waals surface area contributed by atoms with Gasteiger partial charge in [-0.1, -0.05) is 0 Å². The normalized spacial score (nSPS) is 22.3. The van der Waals surface area contributed by atoms with Crippen molar-refractivity contribution in [2.75, 3.05) is 27.2 Å². The number of nitrogens with zero attached hydrogens (tertiary/aromatic N) is 5. The molecule has 2 atom stereocenters. The fourth-order valence-corrected chi connectivity index (χ4v) is 3.88. The molecule has 0 radical (unpaired) electrons. The summed E-state index contributed by atoms with van der Waals surface area (Å²) in [5.41, 5.74) is 2.37. The molecule has 1 fully saturated rings. The highest BCUT2D eigenvalue weighted by Crippen LogP contribution is 2.26. The minimum atomic E-state index is -0.142. The van der Waals surface area contributed by atoms with Crippen molar-refractivity contribution >= 4 is 11.5 Å². The van der Waals surface area contributed by atoms with Crippen molar-refractivity contribution < 1.29 is 9.53 Å². The maximum atomic E-state index is 13.0. The third kappa shape index (κ3) is 4.19. The number of aromatic nitrogens is 2. The van der Waals surface area contributed by atoms with Crippen molar-refractivity contribution in [2.24, 2.45) is 10.9 Å². The Balaban J connectivity index is 1.50. The summed E-state index contributed by atoms with van der Waals surface area (Å²) in [6.45, 7) is 1.60. The van der Waals surface area contributed by atoms with Gasteiger partial charge in [-0.15, -0.1) is 0 Å². The average molecular weight is 391 g/mol. The number of methoxy groups -OCH3 is 1. The Labute approximate surface area is 170 Å². The second kappa shape index (κ2) is 8.53. The van der Waals surface area contributed by atoms with E-state index in [1.807, 2.05) is 49.7 Å². The molecule has 7 heteroatoms. The molecule has 1 aromatic carbocycles. The summed E-state index contributed by atoms with van der Waals surface area (Å²) in [4.78, 5) is 30.6. The van der Waals surface area contributed by atoms with Gasteiger partial charge in [0.25, 0.3) is 0 Å². The number of likely N-dealkylation sites (tertiary alicyclic amines) is 1. The first-order valence-electron chi connectivity index (χ1n) is 9.82. The molecule has 3 heterocycles. The molecule has 2 aliphatic rings. The summed E-state index contributed by atoms with van der Waals surface area (Å²) in [6.07, 6.45) is 8.96. The monoisotopic (exact) mass is 391 g/mol. The van der Waals surface area contributed by atoms with Crippen LogP contribution < -0.4 is 4.74 Å². The van der Waals surface area contributed by atoms with Crippen LogP contribution in [-0.2, 0) is 0 Å². The van der Waals surface area contributed by atoms with Gasteiger partial charge in [-0.25, -0.2) is 15.0 Å². The zero-order valence-corrected chi connectivity index (χ0v) is 16.7. The Morgan fingerprint density at radius 3 is 2.76 bits per heavy atom. The van der Waals surface area contributed by atoms with E-state index in [0.29, 0.717) is 6.54 Å². The van der Waals surface area contributed by atoms with Crippen LogP contribution in [0.4, 0.5) is 0 Å². The first kappa shape index (κ1) is 19.3. The first-order chi connectivity index (χ1) is 14.2. The third-order valence-corrected chi connectivity index (χ3v) is 5.46. The smallest absolute Gasteiger partial charge is 0.178 e. The van der Waals surface area contributed by atoms with Crippen molar-refractivity contribution in [1.29, 1.82) is 0 Å². The largest absolute Gasteiger partial charge is 0.497 e. The number of benzene rings is 1. The summed E-state index contributed by atoms with van der Waals surface area (Å²) in [5, 5.41) is 0. The van der Waals surface area contributed by atoms with E-state index in [1.165, 1.54) is 6.33 Å². The lowest BCUT2D eigenvalue weighted by atomic mass is 9.90. The van der Waals surface area contributed by atoms with E-state index in [2.05, 4.69) is 19.8 Å². The van der Waals surface area contributed by atoms with E-state index in [4.69, 9.17) is 9.73 Å². The maximum absolute atomic E-state index is 13.0. The van der Waals surface area contributed by atoms with Gasteiger partial charge in [-0.05, 0) is 49.2 Å². The van der Waals surface area contributed by atoms with Gasteiger partial charge < -0.3 is 9.64 Å². The molecule has 29 heavy (non-hydrogen) atoms. The Hall–Kier alpha value is -3.06. The molecule has 0 amide bonds. The minimum Gasteiger partial charge on any atom is -0.497 e. The van der Waals surface area contributed by atoms with Crippen molar-refractivity contribution in [3.8, 4) is 5.75 Å². The number of carbonyl (C=O) groups excluding carboxylic acids is 1. The highest BCUT2D eigenvalue weighted by molar-refractivity contribution is 6.07. The minimum absolute atomic E-state index is 0.0332. The summed E-state index contributed by atoms with van der Waals surface area (Å²) in [6, 6.07) is 9.23. The number of carbonyl (C=O) groups is 1. The Morgan fingerprint density at radius 1 is 1.21 bits per heavy atom. The number of rotatable bonds is 5. The Bertz CT molecular complexity index is 911. The fourth-order valence-electron chi connectivity index (χ4n) is 3.88. The highest BCUT2D eigenvalue weighted by Gasteiger charge is 2.32. The molecule has 2 aromatic rings. The molecule has 0 spiro atoms. The van der Waals surface area contributed by atoms with Crippen LogP contribution in [-0.4, -0.2) is 64.8 Å². The van der Waals surface area contributed by atoms with Crippen molar-refractivity contribution in [3.63, 3.8) is 0 Å². The summed E-state index contributed by atoms with van der Waals surface area (Å²) < 4.78 is 5.19. The molecule has 0 bridgehead atoms. The molecule has 150 valence electrons. The predicted octanol–water partition coefficient (Wildman–Crippen LogP) is 2.61. The standard InChI is InChI=1S/C22H25N5O2/c1-26-13-10-20(19-9-11-23-15-24-19)25-22(26)27-12-3-4-17(14-27)21(28)16-5-7-18(29-2)8-6-16/h5-11,13,15,17,22H,3-4,12,14H2,1-2H3. The SMILES string of the molecule is COc1ccc(C(=O)C2CCCN(C3N=C(c4ccncn4)C=CN3C)C2)cc1. The van der Waals surface area contributed by atoms with Gasteiger partial charge in [-0.2, -0.15) is 0 Å². The Kier molecular flexibility index (Phi) is 5.67. The van der Waals surface area contributed by atoms with E-state index in [9.17, 15) is 4.79 Å². The first-order valence-corrected chi connectivity index (χ1v) is 9.82. The van der Waals surface area contributed by atoms with Crippen LogP contribution in [0.1, 0.15) is 28.9 Å². The van der Waals surface area contributed by atoms with Crippen LogP contribution in [0.15, 0.2) is 60.1 Å². The van der Waals surface area contributed by atoms with Gasteiger partial charge in [-0.3, -0.25) is 9.69 Å². The van der Waals surface area contributed by atoms with Gasteiger partial charge in [0.1, 0.15) is 12.1 Å². The number of Topliss-reactive ketones (excluding diaryl/α,β-unsaturated/α-hetero) is 1. The molecule has 0 aliphatic carbocycles. The van der Waals surface area contributed by atoms with Crippen LogP contribution in [0, 0.1) is 5.92 Å². The zero-order valence-electron chi connectivity index (χ0n) is 16.7. The predicted molar refractivity (Wildman–Crippen MR) is 111 cm³/mol. The summed E-state index contributed by atoms with van der Waals surface area (Å²) >= 11 is 0. The van der Waals surface area contributed by atoms with E-state index in [-0.39, 0.29) is 18.0 Å². The molecule has 7 nitrogen and oxygen atoms in total. The molecule has 0 N–H and O–H groups in total.